The smallest absolute Gasteiger partial charge is 0.261 e. The van der Waals surface area contributed by atoms with Crippen LogP contribution in [0.3, 0.4) is 0 Å². The Bertz CT molecular complexity index is 1040. The second kappa shape index (κ2) is 7.98. The standard InChI is InChI=1S/C21H23FN2O5S/c1-15-2-7-18(30(26,27)23-17-5-3-16(22)4-6-17)14-19(15)20(25)24-10-8-21(9-11-24)28-12-13-29-21/h2-7,14,23H,8-13H2,1H3. The van der Waals surface area contributed by atoms with Gasteiger partial charge in [-0.2, -0.15) is 0 Å². The van der Waals surface area contributed by atoms with Crippen molar-refractivity contribution in [3.8, 4) is 0 Å². The van der Waals surface area contributed by atoms with Crippen molar-refractivity contribution >= 4 is 21.6 Å². The Hall–Kier alpha value is -2.49. The molecule has 0 aliphatic carbocycles. The minimum absolute atomic E-state index is 0.0308. The average Bonchev–Trinajstić information content (AvgIpc) is 3.18. The van der Waals surface area contributed by atoms with E-state index < -0.39 is 21.6 Å². The summed E-state index contributed by atoms with van der Waals surface area (Å²) < 4.78 is 52.4. The van der Waals surface area contributed by atoms with E-state index in [1.54, 1.807) is 17.9 Å². The van der Waals surface area contributed by atoms with Crippen LogP contribution < -0.4 is 4.72 Å². The zero-order valence-corrected chi connectivity index (χ0v) is 17.4. The second-order valence-corrected chi connectivity index (χ2v) is 9.17. The molecule has 4 rings (SSSR count). The predicted octanol–water partition coefficient (Wildman–Crippen LogP) is 2.91. The lowest BCUT2D eigenvalue weighted by atomic mass is 10.0. The minimum atomic E-state index is -3.93. The van der Waals surface area contributed by atoms with Crippen LogP contribution in [-0.4, -0.2) is 51.3 Å². The zero-order valence-electron chi connectivity index (χ0n) is 16.6. The fourth-order valence-corrected chi connectivity index (χ4v) is 4.82. The Morgan fingerprint density at radius 3 is 2.33 bits per heavy atom. The van der Waals surface area contributed by atoms with E-state index in [1.165, 1.54) is 36.4 Å². The number of halogens is 1. The quantitative estimate of drug-likeness (QED) is 0.800. The molecule has 0 unspecified atom stereocenters. The molecule has 2 aromatic rings. The van der Waals surface area contributed by atoms with Crippen LogP contribution in [-0.2, 0) is 19.5 Å². The first kappa shape index (κ1) is 20.8. The van der Waals surface area contributed by atoms with Gasteiger partial charge in [-0.15, -0.1) is 0 Å². The zero-order chi connectivity index (χ0) is 21.4. The fourth-order valence-electron chi connectivity index (χ4n) is 3.74. The van der Waals surface area contributed by atoms with E-state index in [2.05, 4.69) is 4.72 Å². The number of piperidine rings is 1. The molecule has 2 saturated heterocycles. The number of likely N-dealkylation sites (tertiary alicyclic amines) is 1. The number of nitrogens with zero attached hydrogens (tertiary/aromatic N) is 1. The van der Waals surface area contributed by atoms with Gasteiger partial charge >= 0.3 is 0 Å². The van der Waals surface area contributed by atoms with Gasteiger partial charge in [0.2, 0.25) is 0 Å². The number of aryl methyl sites for hydroxylation is 1. The molecule has 7 nitrogen and oxygen atoms in total. The molecular formula is C21H23FN2O5S. The normalized spacial score (nSPS) is 18.5. The molecule has 2 aromatic carbocycles. The van der Waals surface area contributed by atoms with E-state index in [4.69, 9.17) is 9.47 Å². The SMILES string of the molecule is Cc1ccc(S(=O)(=O)Nc2ccc(F)cc2)cc1C(=O)N1CCC2(CC1)OCCO2. The number of amides is 1. The summed E-state index contributed by atoms with van der Waals surface area (Å²) >= 11 is 0. The van der Waals surface area contributed by atoms with E-state index in [0.717, 1.165) is 0 Å². The number of ether oxygens (including phenoxy) is 2. The van der Waals surface area contributed by atoms with Gasteiger partial charge in [0.1, 0.15) is 5.82 Å². The third kappa shape index (κ3) is 4.19. The largest absolute Gasteiger partial charge is 0.347 e. The minimum Gasteiger partial charge on any atom is -0.347 e. The monoisotopic (exact) mass is 434 g/mol. The van der Waals surface area contributed by atoms with Gasteiger partial charge in [0, 0.05) is 37.2 Å². The molecule has 2 aliphatic heterocycles. The Labute approximate surface area is 174 Å². The number of hydrogen-bond donors (Lipinski definition) is 1. The number of sulfonamides is 1. The summed E-state index contributed by atoms with van der Waals surface area (Å²) in [6.45, 7) is 3.85. The Morgan fingerprint density at radius 2 is 1.70 bits per heavy atom. The van der Waals surface area contributed by atoms with Crippen LogP contribution in [0.1, 0.15) is 28.8 Å². The molecule has 2 aliphatic rings. The van der Waals surface area contributed by atoms with E-state index in [0.29, 0.717) is 50.3 Å². The number of hydrogen-bond acceptors (Lipinski definition) is 5. The molecule has 1 spiro atoms. The van der Waals surface area contributed by atoms with Crippen LogP contribution in [0.5, 0.6) is 0 Å². The Kier molecular flexibility index (Phi) is 5.52. The van der Waals surface area contributed by atoms with Crippen molar-refractivity contribution in [2.75, 3.05) is 31.0 Å². The molecule has 30 heavy (non-hydrogen) atoms. The van der Waals surface area contributed by atoms with Gasteiger partial charge in [0.05, 0.1) is 18.1 Å². The number of anilines is 1. The van der Waals surface area contributed by atoms with Gasteiger partial charge in [-0.3, -0.25) is 9.52 Å². The van der Waals surface area contributed by atoms with E-state index in [-0.39, 0.29) is 16.5 Å². The lowest BCUT2D eigenvalue weighted by molar-refractivity contribution is -0.181. The highest BCUT2D eigenvalue weighted by Crippen LogP contribution is 2.32. The third-order valence-corrected chi connectivity index (χ3v) is 6.85. The van der Waals surface area contributed by atoms with Gasteiger partial charge < -0.3 is 14.4 Å². The van der Waals surface area contributed by atoms with Crippen LogP contribution in [0.4, 0.5) is 10.1 Å². The van der Waals surface area contributed by atoms with E-state index in [9.17, 15) is 17.6 Å². The molecule has 0 aromatic heterocycles. The summed E-state index contributed by atoms with van der Waals surface area (Å²) in [6, 6.07) is 9.46. The van der Waals surface area contributed by atoms with Crippen LogP contribution in [0.2, 0.25) is 0 Å². The average molecular weight is 434 g/mol. The van der Waals surface area contributed by atoms with Crippen molar-refractivity contribution in [3.63, 3.8) is 0 Å². The molecule has 1 N–H and O–H groups in total. The molecule has 1 amide bonds. The summed E-state index contributed by atoms with van der Waals surface area (Å²) in [5, 5.41) is 0. The fraction of sp³-hybridized carbons (Fsp3) is 0.381. The molecule has 0 saturated carbocycles. The highest BCUT2D eigenvalue weighted by Gasteiger charge is 2.41. The van der Waals surface area contributed by atoms with Crippen molar-refractivity contribution in [3.05, 3.63) is 59.4 Å². The molecule has 0 atom stereocenters. The van der Waals surface area contributed by atoms with Gasteiger partial charge in [-0.1, -0.05) is 6.07 Å². The maximum atomic E-state index is 13.1. The molecule has 2 heterocycles. The highest BCUT2D eigenvalue weighted by molar-refractivity contribution is 7.92. The van der Waals surface area contributed by atoms with Crippen LogP contribution in [0.15, 0.2) is 47.4 Å². The predicted molar refractivity (Wildman–Crippen MR) is 108 cm³/mol. The van der Waals surface area contributed by atoms with E-state index in [1.807, 2.05) is 0 Å². The Balaban J connectivity index is 1.52. The van der Waals surface area contributed by atoms with Crippen molar-refractivity contribution in [2.45, 2.75) is 30.4 Å². The van der Waals surface area contributed by atoms with Gasteiger partial charge in [0.25, 0.3) is 15.9 Å². The number of carbonyl (C=O) groups is 1. The first-order chi connectivity index (χ1) is 14.3. The summed E-state index contributed by atoms with van der Waals surface area (Å²) in [4.78, 5) is 14.8. The van der Waals surface area contributed by atoms with Crippen LogP contribution in [0.25, 0.3) is 0 Å². The lowest BCUT2D eigenvalue weighted by Gasteiger charge is -2.37. The van der Waals surface area contributed by atoms with Crippen molar-refractivity contribution in [1.82, 2.24) is 4.90 Å². The van der Waals surface area contributed by atoms with Crippen molar-refractivity contribution in [1.29, 1.82) is 0 Å². The molecule has 160 valence electrons. The third-order valence-electron chi connectivity index (χ3n) is 5.47. The highest BCUT2D eigenvalue weighted by atomic mass is 32.2. The first-order valence-corrected chi connectivity index (χ1v) is 11.2. The lowest BCUT2D eigenvalue weighted by Crippen LogP contribution is -2.47. The summed E-state index contributed by atoms with van der Waals surface area (Å²) in [7, 11) is -3.93. The maximum absolute atomic E-state index is 13.1. The number of nitrogens with one attached hydrogen (secondary N) is 1. The van der Waals surface area contributed by atoms with Gasteiger partial charge in [-0.05, 0) is 48.9 Å². The first-order valence-electron chi connectivity index (χ1n) is 9.74. The molecule has 0 bridgehead atoms. The van der Waals surface area contributed by atoms with Gasteiger partial charge in [-0.25, -0.2) is 12.8 Å². The molecular weight excluding hydrogens is 411 g/mol. The summed E-state index contributed by atoms with van der Waals surface area (Å²) in [6.07, 6.45) is 1.17. The number of benzene rings is 2. The molecule has 0 radical (unpaired) electrons. The summed E-state index contributed by atoms with van der Waals surface area (Å²) in [5.41, 5.74) is 1.26. The van der Waals surface area contributed by atoms with Crippen LogP contribution >= 0.6 is 0 Å². The molecule has 9 heteroatoms. The van der Waals surface area contributed by atoms with Crippen molar-refractivity contribution in [2.24, 2.45) is 0 Å². The second-order valence-electron chi connectivity index (χ2n) is 7.49. The summed E-state index contributed by atoms with van der Waals surface area (Å²) in [5.74, 6) is -1.27. The van der Waals surface area contributed by atoms with Crippen LogP contribution in [0, 0.1) is 12.7 Å². The van der Waals surface area contributed by atoms with E-state index >= 15 is 0 Å². The molecule has 2 fully saturated rings. The maximum Gasteiger partial charge on any atom is 0.261 e. The van der Waals surface area contributed by atoms with Crippen molar-refractivity contribution < 1.29 is 27.1 Å². The topological polar surface area (TPSA) is 84.9 Å². The number of carbonyl (C=O) groups excluding carboxylic acids is 1. The Morgan fingerprint density at radius 1 is 1.07 bits per heavy atom. The van der Waals surface area contributed by atoms with Gasteiger partial charge in [0.15, 0.2) is 5.79 Å². The number of rotatable bonds is 4.